The first-order chi connectivity index (χ1) is 9.97. The Balaban J connectivity index is 1.96. The van der Waals surface area contributed by atoms with Gasteiger partial charge in [-0.1, -0.05) is 0 Å². The molecule has 0 fully saturated rings. The van der Waals surface area contributed by atoms with Crippen LogP contribution in [0.4, 0.5) is 10.5 Å². The molecule has 3 N–H and O–H groups in total. The Labute approximate surface area is 129 Å². The van der Waals surface area contributed by atoms with Crippen molar-refractivity contribution >= 4 is 33.6 Å². The summed E-state index contributed by atoms with van der Waals surface area (Å²) in [5.74, 6) is -1.03. The van der Waals surface area contributed by atoms with Crippen molar-refractivity contribution in [2.24, 2.45) is 7.05 Å². The van der Waals surface area contributed by atoms with E-state index in [1.807, 2.05) is 0 Å². The number of aryl methyl sites for hydroxylation is 1. The number of hydrogen-bond donors (Lipinski definition) is 3. The van der Waals surface area contributed by atoms with E-state index in [2.05, 4.69) is 31.7 Å². The Morgan fingerprint density at radius 3 is 2.71 bits per heavy atom. The number of rotatable bonds is 4. The summed E-state index contributed by atoms with van der Waals surface area (Å²) >= 11 is 3.23. The minimum atomic E-state index is -1.03. The molecule has 0 radical (unpaired) electrons. The predicted octanol–water partition coefficient (Wildman–Crippen LogP) is 2.20. The van der Waals surface area contributed by atoms with Crippen LogP contribution in [0, 0.1) is 0 Å². The highest BCUT2D eigenvalue weighted by Crippen LogP contribution is 2.23. The molecule has 21 heavy (non-hydrogen) atoms. The van der Waals surface area contributed by atoms with Crippen molar-refractivity contribution in [1.82, 2.24) is 15.1 Å². The Morgan fingerprint density at radius 2 is 2.14 bits per heavy atom. The highest BCUT2D eigenvalue weighted by molar-refractivity contribution is 9.10. The van der Waals surface area contributed by atoms with Crippen LogP contribution >= 0.6 is 15.9 Å². The van der Waals surface area contributed by atoms with Gasteiger partial charge in [0.15, 0.2) is 0 Å². The van der Waals surface area contributed by atoms with Gasteiger partial charge in [0.05, 0.1) is 23.5 Å². The Kier molecular flexibility index (Phi) is 4.59. The maximum absolute atomic E-state index is 11.8. The van der Waals surface area contributed by atoms with Gasteiger partial charge in [0.1, 0.15) is 0 Å². The summed E-state index contributed by atoms with van der Waals surface area (Å²) in [6.45, 7) is 0.340. The molecular weight excluding hydrogens is 340 g/mol. The molecular formula is C13H13BrN4O3. The zero-order chi connectivity index (χ0) is 15.4. The zero-order valence-corrected chi connectivity index (χ0v) is 12.7. The molecule has 110 valence electrons. The first-order valence-electron chi connectivity index (χ1n) is 6.02. The van der Waals surface area contributed by atoms with Crippen molar-refractivity contribution < 1.29 is 14.7 Å². The van der Waals surface area contributed by atoms with Crippen LogP contribution in [0.2, 0.25) is 0 Å². The number of carboxylic acid groups (broad SMARTS) is 1. The van der Waals surface area contributed by atoms with Gasteiger partial charge in [-0.15, -0.1) is 0 Å². The van der Waals surface area contributed by atoms with Crippen molar-refractivity contribution in [3.05, 3.63) is 46.2 Å². The van der Waals surface area contributed by atoms with E-state index in [0.717, 1.165) is 5.69 Å². The molecule has 1 aromatic heterocycles. The van der Waals surface area contributed by atoms with Gasteiger partial charge in [-0.2, -0.15) is 5.10 Å². The van der Waals surface area contributed by atoms with Gasteiger partial charge >= 0.3 is 12.0 Å². The van der Waals surface area contributed by atoms with Gasteiger partial charge in [-0.25, -0.2) is 9.59 Å². The summed E-state index contributed by atoms with van der Waals surface area (Å²) in [4.78, 5) is 22.6. The molecule has 7 nitrogen and oxygen atoms in total. The molecule has 0 spiro atoms. The van der Waals surface area contributed by atoms with Crippen LogP contribution in [0.3, 0.4) is 0 Å². The van der Waals surface area contributed by atoms with E-state index < -0.39 is 5.97 Å². The molecule has 0 aliphatic carbocycles. The van der Waals surface area contributed by atoms with Crippen LogP contribution in [0.5, 0.6) is 0 Å². The minimum absolute atomic E-state index is 0.141. The average molecular weight is 353 g/mol. The SMILES string of the molecule is Cn1nccc1CNC(=O)Nc1ccc(C(=O)O)cc1Br. The number of halogens is 1. The second kappa shape index (κ2) is 6.40. The number of anilines is 1. The van der Waals surface area contributed by atoms with E-state index in [1.54, 1.807) is 24.0 Å². The maximum Gasteiger partial charge on any atom is 0.335 e. The smallest absolute Gasteiger partial charge is 0.335 e. The molecule has 2 rings (SSSR count). The van der Waals surface area contributed by atoms with Gasteiger partial charge in [0.25, 0.3) is 0 Å². The lowest BCUT2D eigenvalue weighted by molar-refractivity contribution is 0.0697. The van der Waals surface area contributed by atoms with E-state index in [9.17, 15) is 9.59 Å². The number of aromatic carboxylic acids is 1. The van der Waals surface area contributed by atoms with Gasteiger partial charge in [0, 0.05) is 17.7 Å². The third-order valence-corrected chi connectivity index (χ3v) is 3.47. The fraction of sp³-hybridized carbons (Fsp3) is 0.154. The van der Waals surface area contributed by atoms with E-state index in [-0.39, 0.29) is 11.6 Å². The third-order valence-electron chi connectivity index (χ3n) is 2.82. The number of hydrogen-bond acceptors (Lipinski definition) is 3. The topological polar surface area (TPSA) is 96.3 Å². The van der Waals surface area contributed by atoms with Crippen molar-refractivity contribution in [3.8, 4) is 0 Å². The number of nitrogens with zero attached hydrogens (tertiary/aromatic N) is 2. The summed E-state index contributed by atoms with van der Waals surface area (Å²) in [5, 5.41) is 18.2. The molecule has 8 heteroatoms. The molecule has 0 bridgehead atoms. The third kappa shape index (κ3) is 3.82. The highest BCUT2D eigenvalue weighted by Gasteiger charge is 2.09. The maximum atomic E-state index is 11.8. The molecule has 0 aliphatic rings. The van der Waals surface area contributed by atoms with E-state index in [0.29, 0.717) is 16.7 Å². The molecule has 1 heterocycles. The lowest BCUT2D eigenvalue weighted by atomic mass is 10.2. The number of aromatic nitrogens is 2. The number of carbonyl (C=O) groups excluding carboxylic acids is 1. The van der Waals surface area contributed by atoms with Crippen LogP contribution in [-0.2, 0) is 13.6 Å². The molecule has 0 aliphatic heterocycles. The fourth-order valence-corrected chi connectivity index (χ4v) is 2.14. The summed E-state index contributed by atoms with van der Waals surface area (Å²) in [6.07, 6.45) is 1.65. The summed E-state index contributed by atoms with van der Waals surface area (Å²) in [7, 11) is 1.79. The molecule has 2 amide bonds. The number of urea groups is 1. The summed E-state index contributed by atoms with van der Waals surface area (Å²) < 4.78 is 2.16. The van der Waals surface area contributed by atoms with Crippen LogP contribution in [-0.4, -0.2) is 26.9 Å². The Morgan fingerprint density at radius 1 is 1.38 bits per heavy atom. The summed E-state index contributed by atoms with van der Waals surface area (Å²) in [6, 6.07) is 5.79. The fourth-order valence-electron chi connectivity index (χ4n) is 1.66. The number of benzene rings is 1. The second-order valence-corrected chi connectivity index (χ2v) is 5.11. The predicted molar refractivity (Wildman–Crippen MR) is 80.2 cm³/mol. The van der Waals surface area contributed by atoms with Crippen LogP contribution in [0.1, 0.15) is 16.1 Å². The van der Waals surface area contributed by atoms with Crippen molar-refractivity contribution in [2.75, 3.05) is 5.32 Å². The monoisotopic (exact) mass is 352 g/mol. The van der Waals surface area contributed by atoms with Gasteiger partial charge < -0.3 is 15.7 Å². The van der Waals surface area contributed by atoms with Crippen LogP contribution < -0.4 is 10.6 Å². The Bertz CT molecular complexity index is 684. The second-order valence-electron chi connectivity index (χ2n) is 4.25. The molecule has 0 saturated carbocycles. The van der Waals surface area contributed by atoms with Crippen LogP contribution in [0.25, 0.3) is 0 Å². The number of carbonyl (C=O) groups is 2. The first-order valence-corrected chi connectivity index (χ1v) is 6.81. The number of nitrogens with one attached hydrogen (secondary N) is 2. The quantitative estimate of drug-likeness (QED) is 0.785. The minimum Gasteiger partial charge on any atom is -0.478 e. The summed E-state index contributed by atoms with van der Waals surface area (Å²) in [5.41, 5.74) is 1.50. The molecule has 0 unspecified atom stereocenters. The van der Waals surface area contributed by atoms with Gasteiger partial charge in [-0.3, -0.25) is 4.68 Å². The lowest BCUT2D eigenvalue weighted by Crippen LogP contribution is -2.29. The van der Waals surface area contributed by atoms with E-state index >= 15 is 0 Å². The highest BCUT2D eigenvalue weighted by atomic mass is 79.9. The lowest BCUT2D eigenvalue weighted by Gasteiger charge is -2.10. The molecule has 2 aromatic rings. The molecule has 1 aromatic carbocycles. The zero-order valence-electron chi connectivity index (χ0n) is 11.1. The molecule has 0 saturated heterocycles. The average Bonchev–Trinajstić information content (AvgIpc) is 2.84. The first kappa shape index (κ1) is 15.0. The van der Waals surface area contributed by atoms with Crippen molar-refractivity contribution in [2.45, 2.75) is 6.54 Å². The number of amides is 2. The van der Waals surface area contributed by atoms with Gasteiger partial charge in [0.2, 0.25) is 0 Å². The van der Waals surface area contributed by atoms with Crippen LogP contribution in [0.15, 0.2) is 34.9 Å². The van der Waals surface area contributed by atoms with Crippen molar-refractivity contribution in [3.63, 3.8) is 0 Å². The largest absolute Gasteiger partial charge is 0.478 e. The standard InChI is InChI=1S/C13H13BrN4O3/c1-18-9(4-5-16-18)7-15-13(21)17-11-3-2-8(12(19)20)6-10(11)14/h2-6H,7H2,1H3,(H,19,20)(H2,15,17,21). The number of carboxylic acids is 1. The van der Waals surface area contributed by atoms with Gasteiger partial charge in [-0.05, 0) is 40.2 Å². The van der Waals surface area contributed by atoms with E-state index in [4.69, 9.17) is 5.11 Å². The normalized spacial score (nSPS) is 10.2. The Hall–Kier alpha value is -2.35. The molecule has 0 atom stereocenters. The van der Waals surface area contributed by atoms with Crippen molar-refractivity contribution in [1.29, 1.82) is 0 Å². The van der Waals surface area contributed by atoms with E-state index in [1.165, 1.54) is 18.2 Å².